The molecule has 4 heterocycles. The van der Waals surface area contributed by atoms with Gasteiger partial charge < -0.3 is 14.6 Å². The predicted molar refractivity (Wildman–Crippen MR) is 101 cm³/mol. The van der Waals surface area contributed by atoms with Crippen molar-refractivity contribution in [1.29, 1.82) is 0 Å². The molecule has 5 aliphatic rings. The molecule has 1 spiro atoms. The molecule has 28 heavy (non-hydrogen) atoms. The van der Waals surface area contributed by atoms with Crippen LogP contribution in [0.5, 0.6) is 0 Å². The van der Waals surface area contributed by atoms with Gasteiger partial charge in [-0.05, 0) is 57.9 Å². The molecule has 9 atom stereocenters. The van der Waals surface area contributed by atoms with Crippen molar-refractivity contribution in [2.24, 2.45) is 23.7 Å². The standard InChI is InChI=1S/C22H33NO5/c1-4-13-14-7-5-6-10-23-15(16-11-12(2)19(24)27-16)8-9-22(14,23)18-17(13)28-20(25)21(18,3)26/h12-18,26H,4-11H2,1-3H3/t12-,13+,14+,15-,16-,17-,18+,21-,22-/m0/s1. The van der Waals surface area contributed by atoms with Gasteiger partial charge in [0.2, 0.25) is 0 Å². The summed E-state index contributed by atoms with van der Waals surface area (Å²) in [5, 5.41) is 11.3. The minimum absolute atomic E-state index is 0.0384. The van der Waals surface area contributed by atoms with Gasteiger partial charge in [-0.1, -0.05) is 20.3 Å². The van der Waals surface area contributed by atoms with Gasteiger partial charge in [0.1, 0.15) is 12.2 Å². The Morgan fingerprint density at radius 2 is 2.00 bits per heavy atom. The SMILES string of the molecule is CC[C@H]1[C@@H]2OC(=O)[C@@](C)(O)[C@@H]2[C@@]23CC[C@@H]([C@@H]4C[C@H](C)C(=O)O4)N2CCCC[C@H]13. The van der Waals surface area contributed by atoms with Crippen molar-refractivity contribution < 1.29 is 24.2 Å². The van der Waals surface area contributed by atoms with Crippen LogP contribution in [0.4, 0.5) is 0 Å². The van der Waals surface area contributed by atoms with Gasteiger partial charge in [-0.15, -0.1) is 0 Å². The van der Waals surface area contributed by atoms with Crippen LogP contribution in [0.3, 0.4) is 0 Å². The summed E-state index contributed by atoms with van der Waals surface area (Å²) < 4.78 is 11.6. The normalized spacial score (nSPS) is 53.4. The Bertz CT molecular complexity index is 692. The minimum Gasteiger partial charge on any atom is -0.460 e. The lowest BCUT2D eigenvalue weighted by molar-refractivity contribution is -0.159. The number of rotatable bonds is 2. The molecule has 4 aliphatic heterocycles. The van der Waals surface area contributed by atoms with Gasteiger partial charge in [-0.25, -0.2) is 4.79 Å². The number of carbonyl (C=O) groups is 2. The zero-order chi connectivity index (χ0) is 19.8. The predicted octanol–water partition coefficient (Wildman–Crippen LogP) is 2.27. The number of nitrogens with zero attached hydrogens (tertiary/aromatic N) is 1. The Kier molecular flexibility index (Phi) is 4.16. The molecule has 0 aromatic carbocycles. The first-order chi connectivity index (χ1) is 13.3. The van der Waals surface area contributed by atoms with Crippen LogP contribution in [0.2, 0.25) is 0 Å². The number of hydrogen-bond acceptors (Lipinski definition) is 6. The first-order valence-corrected chi connectivity index (χ1v) is 11.2. The number of fused-ring (bicyclic) bond motifs is 1. The van der Waals surface area contributed by atoms with Crippen LogP contribution in [0.1, 0.15) is 65.7 Å². The maximum Gasteiger partial charge on any atom is 0.338 e. The summed E-state index contributed by atoms with van der Waals surface area (Å²) in [6.07, 6.45) is 6.81. The van der Waals surface area contributed by atoms with Gasteiger partial charge in [0, 0.05) is 17.5 Å². The van der Waals surface area contributed by atoms with E-state index in [9.17, 15) is 14.7 Å². The Morgan fingerprint density at radius 3 is 2.68 bits per heavy atom. The van der Waals surface area contributed by atoms with Crippen molar-refractivity contribution in [3.05, 3.63) is 0 Å². The fourth-order valence-electron chi connectivity index (χ4n) is 7.80. The van der Waals surface area contributed by atoms with Gasteiger partial charge in [0.25, 0.3) is 0 Å². The van der Waals surface area contributed by atoms with Crippen molar-refractivity contribution in [3.8, 4) is 0 Å². The molecule has 0 aromatic heterocycles. The number of hydrogen-bond donors (Lipinski definition) is 1. The Hall–Kier alpha value is -1.14. The Morgan fingerprint density at radius 1 is 1.21 bits per heavy atom. The molecule has 0 amide bonds. The van der Waals surface area contributed by atoms with Crippen molar-refractivity contribution >= 4 is 11.9 Å². The van der Waals surface area contributed by atoms with Gasteiger partial charge in [0.15, 0.2) is 5.60 Å². The lowest BCUT2D eigenvalue weighted by atomic mass is 9.70. The maximum atomic E-state index is 12.6. The summed E-state index contributed by atoms with van der Waals surface area (Å²) in [5.74, 6) is -0.0492. The molecule has 1 N–H and O–H groups in total. The van der Waals surface area contributed by atoms with Crippen LogP contribution in [0.25, 0.3) is 0 Å². The van der Waals surface area contributed by atoms with Gasteiger partial charge in [-0.3, -0.25) is 9.69 Å². The van der Waals surface area contributed by atoms with Crippen LogP contribution in [-0.2, 0) is 19.1 Å². The highest BCUT2D eigenvalue weighted by Gasteiger charge is 2.75. The highest BCUT2D eigenvalue weighted by atomic mass is 16.6. The molecule has 1 aliphatic carbocycles. The van der Waals surface area contributed by atoms with Crippen LogP contribution < -0.4 is 0 Å². The van der Waals surface area contributed by atoms with Crippen LogP contribution >= 0.6 is 0 Å². The van der Waals surface area contributed by atoms with Crippen molar-refractivity contribution in [3.63, 3.8) is 0 Å². The van der Waals surface area contributed by atoms with Crippen molar-refractivity contribution in [1.82, 2.24) is 4.90 Å². The Balaban J connectivity index is 1.58. The van der Waals surface area contributed by atoms with Crippen molar-refractivity contribution in [2.75, 3.05) is 6.54 Å². The minimum atomic E-state index is -1.44. The fourth-order valence-corrected chi connectivity index (χ4v) is 7.80. The maximum absolute atomic E-state index is 12.6. The smallest absolute Gasteiger partial charge is 0.338 e. The van der Waals surface area contributed by atoms with E-state index in [4.69, 9.17) is 9.47 Å². The van der Waals surface area contributed by atoms with Gasteiger partial charge in [-0.2, -0.15) is 0 Å². The van der Waals surface area contributed by atoms with Crippen molar-refractivity contribution in [2.45, 2.75) is 95.1 Å². The molecule has 4 saturated heterocycles. The number of esters is 2. The van der Waals surface area contributed by atoms with E-state index in [0.29, 0.717) is 11.8 Å². The second-order valence-electron chi connectivity index (χ2n) is 10.1. The third kappa shape index (κ3) is 2.22. The molecule has 0 bridgehead atoms. The van der Waals surface area contributed by atoms with E-state index in [1.54, 1.807) is 6.92 Å². The molecule has 6 heteroatoms. The zero-order valence-electron chi connectivity index (χ0n) is 17.2. The lowest BCUT2D eigenvalue weighted by Crippen LogP contribution is -2.61. The molecular formula is C22H33NO5. The molecule has 0 unspecified atom stereocenters. The van der Waals surface area contributed by atoms with E-state index in [1.165, 1.54) is 6.42 Å². The van der Waals surface area contributed by atoms with Crippen LogP contribution in [0.15, 0.2) is 0 Å². The number of aliphatic hydroxyl groups is 1. The molecule has 1 saturated carbocycles. The average Bonchev–Trinajstić information content (AvgIpc) is 3.28. The summed E-state index contributed by atoms with van der Waals surface area (Å²) in [4.78, 5) is 27.2. The van der Waals surface area contributed by atoms with Crippen LogP contribution in [-0.4, -0.2) is 57.9 Å². The third-order valence-corrected chi connectivity index (χ3v) is 8.81. The van der Waals surface area contributed by atoms with E-state index in [0.717, 1.165) is 45.1 Å². The molecule has 6 nitrogen and oxygen atoms in total. The highest BCUT2D eigenvalue weighted by molar-refractivity contribution is 5.82. The summed E-state index contributed by atoms with van der Waals surface area (Å²) in [7, 11) is 0. The van der Waals surface area contributed by atoms with E-state index in [2.05, 4.69) is 11.8 Å². The van der Waals surface area contributed by atoms with E-state index >= 15 is 0 Å². The Labute approximate surface area is 166 Å². The zero-order valence-corrected chi connectivity index (χ0v) is 17.2. The third-order valence-electron chi connectivity index (χ3n) is 8.81. The summed E-state index contributed by atoms with van der Waals surface area (Å²) in [6.45, 7) is 6.75. The monoisotopic (exact) mass is 391 g/mol. The molecule has 5 rings (SSSR count). The molecular weight excluding hydrogens is 358 g/mol. The fraction of sp³-hybridized carbons (Fsp3) is 0.909. The summed E-state index contributed by atoms with van der Waals surface area (Å²) in [6, 6.07) is 0.192. The first kappa shape index (κ1) is 18.9. The number of carbonyl (C=O) groups excluding carboxylic acids is 2. The second-order valence-corrected chi connectivity index (χ2v) is 10.1. The second kappa shape index (κ2) is 6.18. The average molecular weight is 392 g/mol. The summed E-state index contributed by atoms with van der Waals surface area (Å²) >= 11 is 0. The number of ether oxygens (including phenoxy) is 2. The molecule has 5 fully saturated rings. The van der Waals surface area contributed by atoms with E-state index < -0.39 is 11.6 Å². The van der Waals surface area contributed by atoms with E-state index in [-0.39, 0.29) is 41.6 Å². The topological polar surface area (TPSA) is 76.1 Å². The highest BCUT2D eigenvalue weighted by Crippen LogP contribution is 2.64. The largest absolute Gasteiger partial charge is 0.460 e. The van der Waals surface area contributed by atoms with Gasteiger partial charge in [0.05, 0.1) is 11.8 Å². The van der Waals surface area contributed by atoms with E-state index in [1.807, 2.05) is 6.92 Å². The summed E-state index contributed by atoms with van der Waals surface area (Å²) in [5.41, 5.74) is -1.66. The lowest BCUT2D eigenvalue weighted by Gasteiger charge is -2.47. The quantitative estimate of drug-likeness (QED) is 0.728. The molecule has 156 valence electrons. The molecule has 0 aromatic rings. The van der Waals surface area contributed by atoms with Crippen LogP contribution in [0, 0.1) is 23.7 Å². The molecule has 0 radical (unpaired) electrons. The van der Waals surface area contributed by atoms with Gasteiger partial charge >= 0.3 is 11.9 Å². The first-order valence-electron chi connectivity index (χ1n) is 11.2. The number of cyclic esters (lactones) is 1.